The lowest BCUT2D eigenvalue weighted by Crippen LogP contribution is -2.27. The number of nitrogens with zero attached hydrogens (tertiary/aromatic N) is 4. The Hall–Kier alpha value is -1.65. The summed E-state index contributed by atoms with van der Waals surface area (Å²) >= 11 is 0. The molecular weight excluding hydrogens is 264 g/mol. The zero-order valence-corrected chi connectivity index (χ0v) is 12.5. The summed E-state index contributed by atoms with van der Waals surface area (Å²) in [6, 6.07) is 0.561. The average molecular weight is 284 g/mol. The normalized spacial score (nSPS) is 33.2. The Bertz CT molecular complexity index is 702. The first kappa shape index (κ1) is 12.0. The highest BCUT2D eigenvalue weighted by Gasteiger charge is 2.44. The Kier molecular flexibility index (Phi) is 2.25. The van der Waals surface area contributed by atoms with Crippen LogP contribution in [0.15, 0.2) is 4.42 Å². The van der Waals surface area contributed by atoms with E-state index in [2.05, 4.69) is 19.7 Å². The van der Waals surface area contributed by atoms with Gasteiger partial charge in [-0.3, -0.25) is 0 Å². The summed E-state index contributed by atoms with van der Waals surface area (Å²) in [5, 5.41) is 9.05. The second-order valence-corrected chi connectivity index (χ2v) is 7.16. The maximum Gasteiger partial charge on any atom is 0.202 e. The van der Waals surface area contributed by atoms with Crippen LogP contribution in [0.4, 0.5) is 0 Å². The summed E-state index contributed by atoms with van der Waals surface area (Å²) in [7, 11) is 0. The van der Waals surface area contributed by atoms with Crippen molar-refractivity contribution in [3.05, 3.63) is 17.4 Å². The lowest BCUT2D eigenvalue weighted by atomic mass is 9.68. The van der Waals surface area contributed by atoms with Crippen LogP contribution < -0.4 is 0 Å². The smallest absolute Gasteiger partial charge is 0.202 e. The molecule has 0 amide bonds. The van der Waals surface area contributed by atoms with Crippen LogP contribution in [0.1, 0.15) is 61.5 Å². The third-order valence-corrected chi connectivity index (χ3v) is 5.67. The predicted molar refractivity (Wildman–Crippen MR) is 76.8 cm³/mol. The van der Waals surface area contributed by atoms with E-state index in [-0.39, 0.29) is 0 Å². The minimum Gasteiger partial charge on any atom is -0.437 e. The molecule has 2 aliphatic heterocycles. The quantitative estimate of drug-likeness (QED) is 0.805. The van der Waals surface area contributed by atoms with Crippen molar-refractivity contribution in [3.63, 3.8) is 0 Å². The molecule has 2 aromatic heterocycles. The predicted octanol–water partition coefficient (Wildman–Crippen LogP) is 3.40. The Balaban J connectivity index is 1.70. The molecular formula is C16H20N4O. The van der Waals surface area contributed by atoms with Crippen LogP contribution in [0.3, 0.4) is 0 Å². The molecule has 2 saturated carbocycles. The van der Waals surface area contributed by atoms with Crippen LogP contribution in [0.25, 0.3) is 11.6 Å². The van der Waals surface area contributed by atoms with Gasteiger partial charge in [-0.05, 0) is 50.9 Å². The fourth-order valence-corrected chi connectivity index (χ4v) is 5.07. The molecule has 2 atom stereocenters. The second kappa shape index (κ2) is 3.96. The Morgan fingerprint density at radius 2 is 1.76 bits per heavy atom. The molecule has 2 aliphatic carbocycles. The Labute approximate surface area is 123 Å². The van der Waals surface area contributed by atoms with Gasteiger partial charge < -0.3 is 8.98 Å². The van der Waals surface area contributed by atoms with Gasteiger partial charge >= 0.3 is 0 Å². The van der Waals surface area contributed by atoms with Gasteiger partial charge in [-0.1, -0.05) is 0 Å². The molecule has 0 aromatic carbocycles. The first-order chi connectivity index (χ1) is 10.2. The topological polar surface area (TPSA) is 56.7 Å². The van der Waals surface area contributed by atoms with Crippen LogP contribution in [-0.2, 0) is 0 Å². The number of aromatic nitrogens is 4. The molecule has 2 aromatic rings. The minimum absolute atomic E-state index is 0.561. The molecule has 0 N–H and O–H groups in total. The van der Waals surface area contributed by atoms with E-state index in [4.69, 9.17) is 4.42 Å². The molecule has 110 valence electrons. The van der Waals surface area contributed by atoms with E-state index in [1.54, 1.807) is 0 Å². The molecule has 4 heterocycles. The summed E-state index contributed by atoms with van der Waals surface area (Å²) in [4.78, 5) is 4.40. The molecule has 4 bridgehead atoms. The van der Waals surface area contributed by atoms with E-state index >= 15 is 0 Å². The van der Waals surface area contributed by atoms with Gasteiger partial charge in [0.2, 0.25) is 5.82 Å². The van der Waals surface area contributed by atoms with Gasteiger partial charge in [-0.2, -0.15) is 0 Å². The van der Waals surface area contributed by atoms with Crippen molar-refractivity contribution in [2.24, 2.45) is 11.8 Å². The standard InChI is InChI=1S/C16H20N4O/c1-8-14(21-9(2)17-8)16-19-18-15-12-4-10-3-11(5-12)7-13(6-10)20(15)16/h10-13H,3-7H2,1-2H3. The van der Waals surface area contributed by atoms with Gasteiger partial charge in [0.1, 0.15) is 5.82 Å². The molecule has 5 nitrogen and oxygen atoms in total. The molecule has 5 heteroatoms. The first-order valence-corrected chi connectivity index (χ1v) is 8.08. The van der Waals surface area contributed by atoms with Gasteiger partial charge in [0, 0.05) is 18.9 Å². The number of oxazole rings is 1. The highest BCUT2D eigenvalue weighted by atomic mass is 16.4. The molecule has 2 fully saturated rings. The number of rotatable bonds is 1. The zero-order chi connectivity index (χ0) is 14.1. The Morgan fingerprint density at radius 3 is 2.43 bits per heavy atom. The maximum absolute atomic E-state index is 5.82. The number of hydrogen-bond acceptors (Lipinski definition) is 4. The van der Waals surface area contributed by atoms with Crippen molar-refractivity contribution in [1.82, 2.24) is 19.7 Å². The van der Waals surface area contributed by atoms with E-state index < -0.39 is 0 Å². The highest BCUT2D eigenvalue weighted by Crippen LogP contribution is 2.54. The summed E-state index contributed by atoms with van der Waals surface area (Å²) in [5.41, 5.74) is 0.923. The first-order valence-electron chi connectivity index (χ1n) is 8.08. The van der Waals surface area contributed by atoms with E-state index in [9.17, 15) is 0 Å². The lowest BCUT2D eigenvalue weighted by Gasteiger charge is -2.38. The van der Waals surface area contributed by atoms with Gasteiger partial charge in [0.05, 0.1) is 5.69 Å². The fourth-order valence-electron chi connectivity index (χ4n) is 5.07. The average Bonchev–Trinajstić information content (AvgIpc) is 2.95. The van der Waals surface area contributed by atoms with Crippen LogP contribution in [0, 0.1) is 25.7 Å². The third kappa shape index (κ3) is 1.60. The second-order valence-electron chi connectivity index (χ2n) is 7.16. The third-order valence-electron chi connectivity index (χ3n) is 5.67. The van der Waals surface area contributed by atoms with E-state index in [1.165, 1.54) is 37.9 Å². The summed E-state index contributed by atoms with van der Waals surface area (Å²) in [5.74, 6) is 6.01. The van der Waals surface area contributed by atoms with Crippen LogP contribution in [-0.4, -0.2) is 19.7 Å². The maximum atomic E-state index is 5.82. The number of hydrogen-bond donors (Lipinski definition) is 0. The van der Waals surface area contributed by atoms with E-state index in [0.29, 0.717) is 17.9 Å². The van der Waals surface area contributed by atoms with Crippen molar-refractivity contribution >= 4 is 0 Å². The van der Waals surface area contributed by atoms with Crippen LogP contribution >= 0.6 is 0 Å². The van der Waals surface area contributed by atoms with Crippen LogP contribution in [0.5, 0.6) is 0 Å². The zero-order valence-electron chi connectivity index (χ0n) is 12.5. The molecule has 0 radical (unpaired) electrons. The molecule has 4 aliphatic rings. The number of aryl methyl sites for hydroxylation is 2. The van der Waals surface area contributed by atoms with Crippen LogP contribution in [0.2, 0.25) is 0 Å². The molecule has 21 heavy (non-hydrogen) atoms. The van der Waals surface area contributed by atoms with Crippen molar-refractivity contribution in [3.8, 4) is 11.6 Å². The summed E-state index contributed by atoms with van der Waals surface area (Å²) in [6.45, 7) is 3.89. The van der Waals surface area contributed by atoms with Gasteiger partial charge in [-0.15, -0.1) is 10.2 Å². The molecule has 2 unspecified atom stereocenters. The monoisotopic (exact) mass is 284 g/mol. The lowest BCUT2D eigenvalue weighted by molar-refractivity contribution is 0.150. The minimum atomic E-state index is 0.561. The molecule has 0 saturated heterocycles. The van der Waals surface area contributed by atoms with Gasteiger partial charge in [-0.25, -0.2) is 4.98 Å². The van der Waals surface area contributed by atoms with Crippen molar-refractivity contribution < 1.29 is 4.42 Å². The van der Waals surface area contributed by atoms with Crippen molar-refractivity contribution in [1.29, 1.82) is 0 Å². The highest BCUT2D eigenvalue weighted by molar-refractivity contribution is 5.51. The molecule has 6 rings (SSSR count). The van der Waals surface area contributed by atoms with E-state index in [1.807, 2.05) is 13.8 Å². The largest absolute Gasteiger partial charge is 0.437 e. The Morgan fingerprint density at radius 1 is 1.00 bits per heavy atom. The van der Waals surface area contributed by atoms with Crippen molar-refractivity contribution in [2.45, 2.75) is 57.9 Å². The van der Waals surface area contributed by atoms with Gasteiger partial charge in [0.25, 0.3) is 0 Å². The summed E-state index contributed by atoms with van der Waals surface area (Å²) in [6.07, 6.45) is 6.62. The summed E-state index contributed by atoms with van der Waals surface area (Å²) < 4.78 is 8.22. The molecule has 0 spiro atoms. The fraction of sp³-hybridized carbons (Fsp3) is 0.688. The van der Waals surface area contributed by atoms with Crippen molar-refractivity contribution in [2.75, 3.05) is 0 Å². The van der Waals surface area contributed by atoms with Gasteiger partial charge in [0.15, 0.2) is 11.7 Å². The SMILES string of the molecule is Cc1nc(C)c(-c2nnc3n2C2CC4CC(CC3C4)C2)o1. The van der Waals surface area contributed by atoms with E-state index in [0.717, 1.165) is 29.1 Å².